The topological polar surface area (TPSA) is 195 Å². The van der Waals surface area contributed by atoms with Gasteiger partial charge in [-0.3, -0.25) is 28.5 Å². The molecule has 1 aromatic heterocycles. The van der Waals surface area contributed by atoms with Crippen LogP contribution in [0.2, 0.25) is 5.02 Å². The molecule has 19 heteroatoms. The molecule has 4 amide bonds. The van der Waals surface area contributed by atoms with E-state index in [1.54, 1.807) is 39.8 Å². The third-order valence-corrected chi connectivity index (χ3v) is 16.1. The molecular weight excluding hydrogens is 838 g/mol. The number of nitrogens with one attached hydrogen (secondary N) is 3. The zero-order valence-corrected chi connectivity index (χ0v) is 36.1. The zero-order valence-electron chi connectivity index (χ0n) is 34.5. The second-order valence-electron chi connectivity index (χ2n) is 18.9. The molecule has 61 heavy (non-hydrogen) atoms. The van der Waals surface area contributed by atoms with Crippen LogP contribution in [-0.4, -0.2) is 94.2 Å². The van der Waals surface area contributed by atoms with Gasteiger partial charge >= 0.3 is 6.09 Å². The number of hydrogen-bond donors (Lipinski definition) is 3. The fraction of sp³-hybridized carbons (Fsp3) is 0.619. The molecule has 330 valence electrons. The van der Waals surface area contributed by atoms with Gasteiger partial charge in [-0.15, -0.1) is 0 Å². The highest BCUT2D eigenvalue weighted by Gasteiger charge is 2.67. The number of ether oxygens (including phenoxy) is 2. The molecule has 0 radical (unpaired) electrons. The highest BCUT2D eigenvalue weighted by Crippen LogP contribution is 2.50. The lowest BCUT2D eigenvalue weighted by atomic mass is 9.79. The van der Waals surface area contributed by atoms with Gasteiger partial charge in [0.2, 0.25) is 28.3 Å². The number of halogens is 3. The van der Waals surface area contributed by atoms with Gasteiger partial charge in [0.15, 0.2) is 0 Å². The maximum atomic E-state index is 14.9. The summed E-state index contributed by atoms with van der Waals surface area (Å²) in [5.74, 6) is -5.24. The number of nitrogens with zero attached hydrogens (tertiary/aromatic N) is 3. The quantitative estimate of drug-likeness (QED) is 0.349. The molecule has 4 aliphatic carbocycles. The molecule has 3 saturated carbocycles. The number of alkyl halides is 2. The molecule has 6 aliphatic rings. The van der Waals surface area contributed by atoms with Gasteiger partial charge in [-0.05, 0) is 80.9 Å². The normalized spacial score (nSPS) is 33.2. The largest absolute Gasteiger partial charge is 0.459 e. The monoisotopic (exact) mass is 888 g/mol. The van der Waals surface area contributed by atoms with Crippen molar-refractivity contribution in [2.75, 3.05) is 6.54 Å². The van der Waals surface area contributed by atoms with Crippen molar-refractivity contribution in [1.82, 2.24) is 29.8 Å². The van der Waals surface area contributed by atoms with E-state index in [-0.39, 0.29) is 60.6 Å². The first-order chi connectivity index (χ1) is 28.6. The third-order valence-electron chi connectivity index (χ3n) is 13.7. The summed E-state index contributed by atoms with van der Waals surface area (Å²) >= 11 is 6.29. The number of alkyl carbamates (subject to hydrolysis) is 1. The average molecular weight is 889 g/mol. The second-order valence-corrected chi connectivity index (χ2v) is 21.5. The van der Waals surface area contributed by atoms with E-state index in [2.05, 4.69) is 27.8 Å². The number of fused-ring (bicyclic) bond motifs is 7. The molecule has 0 spiro atoms. The van der Waals surface area contributed by atoms with Crippen molar-refractivity contribution in [2.45, 2.75) is 121 Å². The lowest BCUT2D eigenvalue weighted by molar-refractivity contribution is -0.143. The Morgan fingerprint density at radius 3 is 2.46 bits per heavy atom. The predicted octanol–water partition coefficient (Wildman–Crippen LogP) is 4.46. The summed E-state index contributed by atoms with van der Waals surface area (Å²) in [6.07, 6.45) is 4.47. The molecule has 2 bridgehead atoms. The zero-order chi connectivity index (χ0) is 44.0. The first-order valence-electron chi connectivity index (χ1n) is 20.8. The van der Waals surface area contributed by atoms with E-state index in [1.165, 1.54) is 22.5 Å². The van der Waals surface area contributed by atoms with Crippen molar-refractivity contribution in [3.8, 4) is 6.01 Å². The average Bonchev–Trinajstić information content (AvgIpc) is 4.05. The Bertz CT molecular complexity index is 2400. The van der Waals surface area contributed by atoms with Crippen LogP contribution in [-0.2, 0) is 35.7 Å². The lowest BCUT2D eigenvalue weighted by Crippen LogP contribution is -2.61. The van der Waals surface area contributed by atoms with E-state index in [0.717, 1.165) is 0 Å². The smallest absolute Gasteiger partial charge is 0.408 e. The molecule has 15 nitrogen and oxygen atoms in total. The molecule has 10 unspecified atom stereocenters. The first-order valence-corrected chi connectivity index (χ1v) is 22.6. The van der Waals surface area contributed by atoms with Crippen LogP contribution in [0.15, 0.2) is 47.3 Å². The van der Waals surface area contributed by atoms with Crippen LogP contribution in [0, 0.1) is 35.0 Å². The highest BCUT2D eigenvalue weighted by atomic mass is 35.5. The van der Waals surface area contributed by atoms with Crippen molar-refractivity contribution < 1.29 is 45.9 Å². The molecule has 4 fully saturated rings. The number of carbonyl (C=O) groups excluding carboxylic acids is 4. The summed E-state index contributed by atoms with van der Waals surface area (Å²) in [6, 6.07) is 1.73. The van der Waals surface area contributed by atoms with Gasteiger partial charge in [-0.25, -0.2) is 22.0 Å². The Morgan fingerprint density at radius 2 is 1.82 bits per heavy atom. The van der Waals surface area contributed by atoms with Crippen molar-refractivity contribution in [3.63, 3.8) is 0 Å². The molecule has 10 atom stereocenters. The molecule has 8 rings (SSSR count). The van der Waals surface area contributed by atoms with Crippen molar-refractivity contribution in [2.24, 2.45) is 35.0 Å². The molecule has 3 N–H and O–H groups in total. The van der Waals surface area contributed by atoms with Gasteiger partial charge in [0, 0.05) is 23.4 Å². The van der Waals surface area contributed by atoms with E-state index in [4.69, 9.17) is 21.1 Å². The first kappa shape index (κ1) is 43.1. The van der Waals surface area contributed by atoms with E-state index >= 15 is 0 Å². The number of aromatic nitrogens is 2. The Kier molecular flexibility index (Phi) is 10.8. The number of rotatable bonds is 6. The summed E-state index contributed by atoms with van der Waals surface area (Å²) < 4.78 is 69.5. The van der Waals surface area contributed by atoms with Crippen LogP contribution >= 0.6 is 11.6 Å². The lowest BCUT2D eigenvalue weighted by Gasteiger charge is -2.36. The molecule has 2 aliphatic heterocycles. The minimum absolute atomic E-state index is 0.00109. The molecule has 2 aromatic rings. The van der Waals surface area contributed by atoms with Crippen molar-refractivity contribution in [3.05, 3.63) is 57.9 Å². The van der Waals surface area contributed by atoms with Crippen molar-refractivity contribution in [1.29, 1.82) is 0 Å². The van der Waals surface area contributed by atoms with E-state index in [9.17, 15) is 41.2 Å². The summed E-state index contributed by atoms with van der Waals surface area (Å²) in [4.78, 5) is 76.9. The van der Waals surface area contributed by atoms with Gasteiger partial charge in [0.05, 0.1) is 28.1 Å². The van der Waals surface area contributed by atoms with Crippen LogP contribution in [0.3, 0.4) is 0 Å². The van der Waals surface area contributed by atoms with Gasteiger partial charge in [-0.2, -0.15) is 4.98 Å². The van der Waals surface area contributed by atoms with Gasteiger partial charge in [0.25, 0.3) is 17.5 Å². The molecule has 3 heterocycles. The van der Waals surface area contributed by atoms with E-state index in [0.29, 0.717) is 24.3 Å². The predicted molar refractivity (Wildman–Crippen MR) is 219 cm³/mol. The third kappa shape index (κ3) is 7.80. The Balaban J connectivity index is 1.18. The molecular formula is C42H51ClF2N6O9S. The number of benzene rings is 1. The summed E-state index contributed by atoms with van der Waals surface area (Å²) in [7, 11) is -4.28. The minimum Gasteiger partial charge on any atom is -0.459 e. The Labute approximate surface area is 357 Å². The van der Waals surface area contributed by atoms with Crippen LogP contribution in [0.5, 0.6) is 6.01 Å². The van der Waals surface area contributed by atoms with Gasteiger partial charge < -0.3 is 25.0 Å². The SMILES string of the molecule is CC1C2CN(C(=O)C(C(C)(C)C)NC(=O)OC3CC4C=CC4C3CCC=CCn3c(nc4cc(Cl)ccc4c3=O)O2)C1C(=O)NC1(C(=O)NS(=O)(=O)C2(C)CC2)CC1C(F)F. The van der Waals surface area contributed by atoms with Crippen LogP contribution < -0.4 is 25.7 Å². The number of amides is 4. The van der Waals surface area contributed by atoms with E-state index in [1.807, 2.05) is 16.9 Å². The summed E-state index contributed by atoms with van der Waals surface area (Å²) in [5.41, 5.74) is -3.46. The Hall–Kier alpha value is -4.58. The highest BCUT2D eigenvalue weighted by molar-refractivity contribution is 7.91. The van der Waals surface area contributed by atoms with Crippen LogP contribution in [0.1, 0.15) is 73.1 Å². The minimum atomic E-state index is -4.28. The Morgan fingerprint density at radius 1 is 1.08 bits per heavy atom. The van der Waals surface area contributed by atoms with Crippen LogP contribution in [0.25, 0.3) is 10.9 Å². The van der Waals surface area contributed by atoms with Crippen LogP contribution in [0.4, 0.5) is 13.6 Å². The number of hydrogen-bond acceptors (Lipinski definition) is 10. The number of allylic oxidation sites excluding steroid dienone is 4. The molecule has 1 aromatic carbocycles. The summed E-state index contributed by atoms with van der Waals surface area (Å²) in [5, 5.41) is 5.81. The van der Waals surface area contributed by atoms with E-state index < -0.39 is 104 Å². The standard InChI is InChI=1S/C42H51ClF2N6O9S/c1-21-30-20-51(31(21)34(52)48-42(19-27(42)33(44)45)37(55)49-61(57,58)41(5)14-15-41)36(54)32(40(2,3)4)47-39(56)60-29-17-22-10-12-24(22)25(29)9-7-6-8-16-50-35(53)26-13-11-23(43)18-28(26)46-38(50)59-30/h6,8,10-13,18,21-22,24-25,27,29-33H,7,9,14-17,19-20H2,1-5H3,(H,47,56)(H,48,52)(H,49,55). The van der Waals surface area contributed by atoms with Gasteiger partial charge in [-0.1, -0.05) is 63.6 Å². The molecule has 1 saturated heterocycles. The summed E-state index contributed by atoms with van der Waals surface area (Å²) in [6.45, 7) is 7.93. The van der Waals surface area contributed by atoms with Crippen molar-refractivity contribution >= 4 is 56.3 Å². The number of carbonyl (C=O) groups is 4. The fourth-order valence-electron chi connectivity index (χ4n) is 9.39. The maximum Gasteiger partial charge on any atom is 0.408 e. The fourth-order valence-corrected chi connectivity index (χ4v) is 10.9. The maximum absolute atomic E-state index is 14.9. The number of sulfonamides is 1. The second kappa shape index (κ2) is 15.3. The van der Waals surface area contributed by atoms with Gasteiger partial charge in [0.1, 0.15) is 29.8 Å².